The molecule has 5 rings (SSSR count). The first-order valence-electron chi connectivity index (χ1n) is 11.9. The molecule has 0 spiro atoms. The van der Waals surface area contributed by atoms with Gasteiger partial charge in [-0.05, 0) is 54.8 Å². The van der Waals surface area contributed by atoms with Crippen molar-refractivity contribution in [1.29, 1.82) is 0 Å². The van der Waals surface area contributed by atoms with Crippen molar-refractivity contribution in [3.05, 3.63) is 53.6 Å². The third kappa shape index (κ3) is 4.20. The number of anilines is 2. The predicted octanol–water partition coefficient (Wildman–Crippen LogP) is 2.52. The van der Waals surface area contributed by atoms with Crippen LogP contribution in [0.25, 0.3) is 0 Å². The summed E-state index contributed by atoms with van der Waals surface area (Å²) in [5.74, 6) is 0.288. The summed E-state index contributed by atoms with van der Waals surface area (Å²) in [5.41, 5.74) is 3.30. The van der Waals surface area contributed by atoms with Gasteiger partial charge in [0.2, 0.25) is 5.91 Å². The number of nitrogens with zero attached hydrogens (tertiary/aromatic N) is 4. The number of ether oxygens (including phenoxy) is 1. The van der Waals surface area contributed by atoms with Crippen LogP contribution in [0.5, 0.6) is 5.75 Å². The number of carbonyl (C=O) groups is 3. The normalized spacial score (nSPS) is 19.7. The first-order valence-corrected chi connectivity index (χ1v) is 11.9. The topological polar surface area (TPSA) is 73.4 Å². The molecule has 3 aliphatic heterocycles. The molecule has 8 nitrogen and oxygen atoms in total. The molecule has 2 aromatic carbocycles. The quantitative estimate of drug-likeness (QED) is 0.660. The van der Waals surface area contributed by atoms with Crippen LogP contribution in [-0.2, 0) is 16.1 Å². The number of amides is 3. The molecule has 0 aromatic heterocycles. The molecule has 0 N–H and O–H groups in total. The maximum atomic E-state index is 13.1. The van der Waals surface area contributed by atoms with Gasteiger partial charge in [-0.1, -0.05) is 6.07 Å². The zero-order chi connectivity index (χ0) is 23.8. The molecule has 178 valence electrons. The van der Waals surface area contributed by atoms with E-state index in [1.165, 1.54) is 23.4 Å². The Morgan fingerprint density at radius 1 is 1.00 bits per heavy atom. The minimum atomic E-state index is -0.546. The van der Waals surface area contributed by atoms with Gasteiger partial charge in [-0.25, -0.2) is 0 Å². The van der Waals surface area contributed by atoms with E-state index in [9.17, 15) is 14.4 Å². The maximum absolute atomic E-state index is 13.1. The summed E-state index contributed by atoms with van der Waals surface area (Å²) >= 11 is 0. The molecule has 8 heteroatoms. The fraction of sp³-hybridized carbons (Fsp3) is 0.423. The minimum Gasteiger partial charge on any atom is -0.481 e. The lowest BCUT2D eigenvalue weighted by Crippen LogP contribution is -2.36. The third-order valence-electron chi connectivity index (χ3n) is 6.85. The van der Waals surface area contributed by atoms with E-state index in [-0.39, 0.29) is 24.3 Å². The first-order chi connectivity index (χ1) is 16.4. The van der Waals surface area contributed by atoms with Crippen molar-refractivity contribution in [1.82, 2.24) is 9.80 Å². The van der Waals surface area contributed by atoms with E-state index in [4.69, 9.17) is 4.74 Å². The highest BCUT2D eigenvalue weighted by atomic mass is 16.5. The molecular weight excluding hydrogens is 432 g/mol. The molecular formula is C26H30N4O4. The van der Waals surface area contributed by atoms with E-state index in [1.54, 1.807) is 30.0 Å². The lowest BCUT2D eigenvalue weighted by Gasteiger charge is -2.19. The van der Waals surface area contributed by atoms with Crippen LogP contribution in [-0.4, -0.2) is 73.9 Å². The highest BCUT2D eigenvalue weighted by Gasteiger charge is 2.36. The summed E-state index contributed by atoms with van der Waals surface area (Å²) in [7, 11) is 3.35. The minimum absolute atomic E-state index is 0.0466. The Morgan fingerprint density at radius 3 is 2.41 bits per heavy atom. The molecule has 2 aromatic rings. The zero-order valence-corrected chi connectivity index (χ0v) is 19.7. The second-order valence-electron chi connectivity index (χ2n) is 9.36. The van der Waals surface area contributed by atoms with Crippen LogP contribution in [0.2, 0.25) is 0 Å². The molecule has 2 fully saturated rings. The van der Waals surface area contributed by atoms with Crippen LogP contribution in [0.3, 0.4) is 0 Å². The van der Waals surface area contributed by atoms with Crippen LogP contribution < -0.4 is 14.5 Å². The molecule has 0 aliphatic carbocycles. The van der Waals surface area contributed by atoms with Gasteiger partial charge in [-0.3, -0.25) is 14.4 Å². The average Bonchev–Trinajstić information content (AvgIpc) is 3.56. The van der Waals surface area contributed by atoms with E-state index in [1.807, 2.05) is 24.3 Å². The molecule has 0 radical (unpaired) electrons. The van der Waals surface area contributed by atoms with Gasteiger partial charge in [0.05, 0.1) is 0 Å². The number of carbonyl (C=O) groups excluding carboxylic acids is 3. The Hall–Kier alpha value is -3.55. The zero-order valence-electron chi connectivity index (χ0n) is 19.7. The molecule has 3 amide bonds. The van der Waals surface area contributed by atoms with Gasteiger partial charge in [-0.15, -0.1) is 0 Å². The molecule has 0 bridgehead atoms. The second kappa shape index (κ2) is 9.00. The van der Waals surface area contributed by atoms with Gasteiger partial charge in [-0.2, -0.15) is 0 Å². The summed E-state index contributed by atoms with van der Waals surface area (Å²) < 4.78 is 6.03. The van der Waals surface area contributed by atoms with E-state index < -0.39 is 6.10 Å². The van der Waals surface area contributed by atoms with Crippen LogP contribution in [0.1, 0.15) is 35.2 Å². The number of hydrogen-bond donors (Lipinski definition) is 0. The highest BCUT2D eigenvalue weighted by Crippen LogP contribution is 2.31. The van der Waals surface area contributed by atoms with Crippen molar-refractivity contribution in [3.8, 4) is 5.75 Å². The fourth-order valence-corrected chi connectivity index (χ4v) is 4.84. The first kappa shape index (κ1) is 22.3. The van der Waals surface area contributed by atoms with Crippen LogP contribution in [0, 0.1) is 0 Å². The number of rotatable bonds is 6. The summed E-state index contributed by atoms with van der Waals surface area (Å²) in [4.78, 5) is 45.1. The number of benzene rings is 2. The highest BCUT2D eigenvalue weighted by molar-refractivity contribution is 6.03. The summed E-state index contributed by atoms with van der Waals surface area (Å²) in [6, 6.07) is 13.5. The lowest BCUT2D eigenvalue weighted by atomic mass is 10.1. The third-order valence-corrected chi connectivity index (χ3v) is 6.85. The Bertz CT molecular complexity index is 1110. The molecule has 0 unspecified atom stereocenters. The smallest absolute Gasteiger partial charge is 0.268 e. The predicted molar refractivity (Wildman–Crippen MR) is 129 cm³/mol. The van der Waals surface area contributed by atoms with Crippen molar-refractivity contribution in [2.75, 3.05) is 50.1 Å². The summed E-state index contributed by atoms with van der Waals surface area (Å²) in [6.07, 6.45) is 2.49. The molecule has 3 heterocycles. The molecule has 1 atom stereocenters. The molecule has 2 saturated heterocycles. The SMILES string of the molecule is CN(C)C(=O)CN1Cc2ccc(N3CC[C@@H](Oc4ccc(N5CCCC5)cc4)C3=O)cc2C1=O. The summed E-state index contributed by atoms with van der Waals surface area (Å²) in [6.45, 7) is 3.16. The van der Waals surface area contributed by atoms with Gasteiger partial charge in [0.25, 0.3) is 11.8 Å². The van der Waals surface area contributed by atoms with Gasteiger partial charge < -0.3 is 24.3 Å². The van der Waals surface area contributed by atoms with Crippen molar-refractivity contribution in [2.24, 2.45) is 0 Å². The standard InChI is InChI=1S/C26H30N4O4/c1-27(2)24(31)17-29-16-18-5-6-20(15-22(18)25(29)32)30-14-11-23(26(30)33)34-21-9-7-19(8-10-21)28-12-3-4-13-28/h5-10,15,23H,3-4,11-14,16-17H2,1-2H3/t23-/m1/s1. The Morgan fingerprint density at radius 2 is 1.71 bits per heavy atom. The second-order valence-corrected chi connectivity index (χ2v) is 9.36. The fourth-order valence-electron chi connectivity index (χ4n) is 4.84. The number of likely N-dealkylation sites (N-methyl/N-ethyl adjacent to an activating group) is 1. The van der Waals surface area contributed by atoms with Crippen molar-refractivity contribution in [2.45, 2.75) is 31.9 Å². The average molecular weight is 463 g/mol. The van der Waals surface area contributed by atoms with Gasteiger partial charge in [0, 0.05) is 63.6 Å². The Labute approximate surface area is 199 Å². The van der Waals surface area contributed by atoms with Crippen LogP contribution >= 0.6 is 0 Å². The van der Waals surface area contributed by atoms with Gasteiger partial charge in [0.1, 0.15) is 12.3 Å². The summed E-state index contributed by atoms with van der Waals surface area (Å²) in [5, 5.41) is 0. The number of fused-ring (bicyclic) bond motifs is 1. The van der Waals surface area contributed by atoms with E-state index >= 15 is 0 Å². The Balaban J connectivity index is 1.24. The Kier molecular flexibility index (Phi) is 5.89. The van der Waals surface area contributed by atoms with Crippen LogP contribution in [0.4, 0.5) is 11.4 Å². The van der Waals surface area contributed by atoms with E-state index in [2.05, 4.69) is 17.0 Å². The van der Waals surface area contributed by atoms with Crippen molar-refractivity contribution >= 4 is 29.1 Å². The van der Waals surface area contributed by atoms with Gasteiger partial charge >= 0.3 is 0 Å². The largest absolute Gasteiger partial charge is 0.481 e. The van der Waals surface area contributed by atoms with Gasteiger partial charge in [0.15, 0.2) is 6.10 Å². The lowest BCUT2D eigenvalue weighted by molar-refractivity contribution is -0.129. The van der Waals surface area contributed by atoms with E-state index in [0.29, 0.717) is 36.5 Å². The van der Waals surface area contributed by atoms with Crippen molar-refractivity contribution in [3.63, 3.8) is 0 Å². The number of hydrogen-bond acceptors (Lipinski definition) is 5. The van der Waals surface area contributed by atoms with E-state index in [0.717, 1.165) is 18.7 Å². The monoisotopic (exact) mass is 462 g/mol. The van der Waals surface area contributed by atoms with Crippen molar-refractivity contribution < 1.29 is 19.1 Å². The molecule has 0 saturated carbocycles. The van der Waals surface area contributed by atoms with Crippen LogP contribution in [0.15, 0.2) is 42.5 Å². The molecule has 3 aliphatic rings. The maximum Gasteiger partial charge on any atom is 0.268 e. The molecule has 34 heavy (non-hydrogen) atoms.